The topological polar surface area (TPSA) is 68.4 Å². The van der Waals surface area contributed by atoms with Crippen LogP contribution in [0.4, 0.5) is 18.9 Å². The number of rotatable bonds is 1. The molecular formula is C8H4F3N3O2. The lowest BCUT2D eigenvalue weighted by Crippen LogP contribution is -2.30. The van der Waals surface area contributed by atoms with Gasteiger partial charge in [-0.2, -0.15) is 13.2 Å². The normalized spacial score (nSPS) is 14.6. The summed E-state index contributed by atoms with van der Waals surface area (Å²) in [4.78, 5) is 16.7. The van der Waals surface area contributed by atoms with E-state index in [9.17, 15) is 23.3 Å². The lowest BCUT2D eigenvalue weighted by atomic mass is 10.2. The molecule has 0 N–H and O–H groups in total. The smallest absolute Gasteiger partial charge is 0.261 e. The van der Waals surface area contributed by atoms with Gasteiger partial charge in [0.15, 0.2) is 5.49 Å². The molecule has 1 aliphatic rings. The van der Waals surface area contributed by atoms with Crippen LogP contribution in [0.3, 0.4) is 0 Å². The molecule has 2 rings (SSSR count). The molecule has 0 radical (unpaired) electrons. The second-order valence-corrected chi connectivity index (χ2v) is 3.11. The molecule has 1 aromatic rings. The summed E-state index contributed by atoms with van der Waals surface area (Å²) in [5, 5.41) is 10.1. The average Bonchev–Trinajstić information content (AvgIpc) is 2.58. The highest BCUT2D eigenvalue weighted by molar-refractivity contribution is 5.54. The Kier molecular flexibility index (Phi) is 2.14. The van der Waals surface area contributed by atoms with E-state index in [1.165, 1.54) is 0 Å². The molecule has 8 heteroatoms. The minimum Gasteiger partial charge on any atom is -0.261 e. The van der Waals surface area contributed by atoms with Gasteiger partial charge in [-0.05, 0) is 0 Å². The van der Waals surface area contributed by atoms with Crippen LogP contribution in [0.5, 0.6) is 0 Å². The van der Waals surface area contributed by atoms with Gasteiger partial charge < -0.3 is 0 Å². The van der Waals surface area contributed by atoms with Crippen LogP contribution >= 0.6 is 0 Å². The van der Waals surface area contributed by atoms with Crippen molar-refractivity contribution in [2.75, 3.05) is 6.54 Å². The second kappa shape index (κ2) is 3.26. The van der Waals surface area contributed by atoms with Gasteiger partial charge in [0.25, 0.3) is 5.69 Å². The number of hydrogen-bond acceptors (Lipinski definition) is 4. The zero-order chi connectivity index (χ0) is 11.9. The third-order valence-corrected chi connectivity index (χ3v) is 2.12. The fourth-order valence-corrected chi connectivity index (χ4v) is 1.38. The van der Waals surface area contributed by atoms with Crippen LogP contribution in [0, 0.1) is 10.1 Å². The van der Waals surface area contributed by atoms with Crippen LogP contribution in [-0.4, -0.2) is 22.6 Å². The second-order valence-electron chi connectivity index (χ2n) is 3.11. The van der Waals surface area contributed by atoms with Crippen LogP contribution in [0.15, 0.2) is 17.3 Å². The molecule has 1 aromatic heterocycles. The summed E-state index contributed by atoms with van der Waals surface area (Å²) >= 11 is 0. The molecule has 0 spiro atoms. The first kappa shape index (κ1) is 10.5. The lowest BCUT2D eigenvalue weighted by Gasteiger charge is -2.05. The van der Waals surface area contributed by atoms with Crippen LogP contribution in [0.2, 0.25) is 0 Å². The molecule has 16 heavy (non-hydrogen) atoms. The van der Waals surface area contributed by atoms with Gasteiger partial charge >= 0.3 is 6.18 Å². The third-order valence-electron chi connectivity index (χ3n) is 2.12. The van der Waals surface area contributed by atoms with Gasteiger partial charge in [-0.1, -0.05) is 0 Å². The van der Waals surface area contributed by atoms with Crippen molar-refractivity contribution in [1.29, 1.82) is 0 Å². The Labute approximate surface area is 86.1 Å². The van der Waals surface area contributed by atoms with Crippen molar-refractivity contribution >= 4 is 11.3 Å². The molecule has 1 aliphatic heterocycles. The molecule has 0 saturated heterocycles. The predicted molar refractivity (Wildman–Crippen MR) is 46.0 cm³/mol. The number of fused-ring (bicyclic) bond motifs is 1. The van der Waals surface area contributed by atoms with E-state index >= 15 is 0 Å². The summed E-state index contributed by atoms with van der Waals surface area (Å²) in [7, 11) is 0. The van der Waals surface area contributed by atoms with Gasteiger partial charge in [-0.15, -0.1) is 0 Å². The summed E-state index contributed by atoms with van der Waals surface area (Å²) in [6.45, 7) is -0.535. The molecular weight excluding hydrogens is 227 g/mol. The van der Waals surface area contributed by atoms with E-state index in [4.69, 9.17) is 0 Å². The maximum absolute atomic E-state index is 12.5. The Morgan fingerprint density at radius 2 is 2.12 bits per heavy atom. The fraction of sp³-hybridized carbons (Fsp3) is 0.250. The summed E-state index contributed by atoms with van der Waals surface area (Å²) < 4.78 is 37.4. The molecule has 2 heterocycles. The minimum absolute atomic E-state index is 0.0991. The molecule has 0 aromatic carbocycles. The fourth-order valence-electron chi connectivity index (χ4n) is 1.38. The van der Waals surface area contributed by atoms with E-state index in [1.54, 1.807) is 0 Å². The summed E-state index contributed by atoms with van der Waals surface area (Å²) in [5.74, 6) is 0. The average molecular weight is 231 g/mol. The minimum atomic E-state index is -4.54. The van der Waals surface area contributed by atoms with E-state index in [0.29, 0.717) is 0 Å². The number of nitro groups is 1. The molecule has 0 bridgehead atoms. The van der Waals surface area contributed by atoms with Gasteiger partial charge in [-0.25, -0.2) is 4.98 Å². The molecule has 0 fully saturated rings. The lowest BCUT2D eigenvalue weighted by molar-refractivity contribution is -0.385. The van der Waals surface area contributed by atoms with Gasteiger partial charge in [0.1, 0.15) is 6.20 Å². The molecule has 0 amide bonds. The van der Waals surface area contributed by atoms with Crippen LogP contribution in [0.25, 0.3) is 5.57 Å². The molecule has 0 saturated carbocycles. The SMILES string of the molecule is O=[N+]([O-])c1cnc2c(c1)=C(C(F)(F)F)CN=2. The van der Waals surface area contributed by atoms with Crippen molar-refractivity contribution in [2.45, 2.75) is 6.18 Å². The molecule has 0 unspecified atom stereocenters. The van der Waals surface area contributed by atoms with Gasteiger partial charge in [0.05, 0.1) is 17.0 Å². The van der Waals surface area contributed by atoms with Gasteiger partial charge in [0, 0.05) is 11.3 Å². The predicted octanol–water partition coefficient (Wildman–Crippen LogP) is 0.336. The first-order valence-corrected chi connectivity index (χ1v) is 4.15. The van der Waals surface area contributed by atoms with Crippen molar-refractivity contribution < 1.29 is 18.1 Å². The van der Waals surface area contributed by atoms with Crippen LogP contribution in [0.1, 0.15) is 0 Å². The molecule has 0 atom stereocenters. The van der Waals surface area contributed by atoms with E-state index in [0.717, 1.165) is 12.3 Å². The molecule has 5 nitrogen and oxygen atoms in total. The monoisotopic (exact) mass is 231 g/mol. The standard InChI is InChI=1S/C8H4F3N3O2/c9-8(10,11)6-3-13-7-5(6)1-4(2-12-7)14(15)16/h1-2H,3H2. The number of hydrogen-bond donors (Lipinski definition) is 0. The summed E-state index contributed by atoms with van der Waals surface area (Å²) in [5.41, 5.74) is -1.46. The van der Waals surface area contributed by atoms with Crippen molar-refractivity contribution in [2.24, 2.45) is 4.99 Å². The Balaban J connectivity index is 2.74. The number of nitrogens with zero attached hydrogens (tertiary/aromatic N) is 3. The Bertz CT molecular complexity index is 579. The maximum atomic E-state index is 12.5. The van der Waals surface area contributed by atoms with E-state index in [2.05, 4.69) is 9.98 Å². The largest absolute Gasteiger partial charge is 0.415 e. The van der Waals surface area contributed by atoms with E-state index in [1.807, 2.05) is 0 Å². The van der Waals surface area contributed by atoms with E-state index < -0.39 is 28.9 Å². The Morgan fingerprint density at radius 1 is 1.44 bits per heavy atom. The summed E-state index contributed by atoms with van der Waals surface area (Å²) in [6.07, 6.45) is -3.65. The summed E-state index contributed by atoms with van der Waals surface area (Å²) in [6, 6.07) is 0.849. The number of halogens is 3. The Morgan fingerprint density at radius 3 is 2.69 bits per heavy atom. The van der Waals surface area contributed by atoms with Crippen LogP contribution < -0.4 is 10.7 Å². The quantitative estimate of drug-likeness (QED) is 0.516. The van der Waals surface area contributed by atoms with Crippen molar-refractivity contribution in [3.63, 3.8) is 0 Å². The van der Waals surface area contributed by atoms with E-state index in [-0.39, 0.29) is 10.7 Å². The van der Waals surface area contributed by atoms with Crippen molar-refractivity contribution in [1.82, 2.24) is 4.98 Å². The molecule has 0 aliphatic carbocycles. The Hall–Kier alpha value is -1.99. The van der Waals surface area contributed by atoms with Crippen molar-refractivity contribution in [3.05, 3.63) is 33.1 Å². The van der Waals surface area contributed by atoms with Gasteiger partial charge in [-0.3, -0.25) is 15.1 Å². The maximum Gasteiger partial charge on any atom is 0.415 e. The van der Waals surface area contributed by atoms with Crippen LogP contribution in [-0.2, 0) is 0 Å². The number of pyridine rings is 1. The highest BCUT2D eigenvalue weighted by atomic mass is 19.4. The zero-order valence-electron chi connectivity index (χ0n) is 7.65. The highest BCUT2D eigenvalue weighted by Gasteiger charge is 2.36. The first-order valence-electron chi connectivity index (χ1n) is 4.15. The van der Waals surface area contributed by atoms with Gasteiger partial charge in [0.2, 0.25) is 0 Å². The number of aromatic nitrogens is 1. The highest BCUT2D eigenvalue weighted by Crippen LogP contribution is 2.26. The molecule has 84 valence electrons. The number of alkyl halides is 3. The zero-order valence-corrected chi connectivity index (χ0v) is 7.65. The third kappa shape index (κ3) is 1.62. The van der Waals surface area contributed by atoms with Crippen molar-refractivity contribution in [3.8, 4) is 0 Å². The first-order chi connectivity index (χ1) is 7.39.